The molecule has 1 heteroatoms. The Hall–Kier alpha value is -5.92. The summed E-state index contributed by atoms with van der Waals surface area (Å²) < 4.78 is 0. The largest absolute Gasteiger partial charge is 0.310 e. The Morgan fingerprint density at radius 3 is 1.52 bits per heavy atom. The van der Waals surface area contributed by atoms with Crippen molar-refractivity contribution >= 4 is 38.6 Å². The van der Waals surface area contributed by atoms with Crippen molar-refractivity contribution in [3.05, 3.63) is 175 Å². The molecule has 0 spiro atoms. The minimum absolute atomic E-state index is 0.151. The zero-order valence-corrected chi connectivity index (χ0v) is 29.0. The first kappa shape index (κ1) is 30.2. The number of rotatable bonds is 5. The molecule has 0 bridgehead atoms. The van der Waals surface area contributed by atoms with E-state index in [1.807, 2.05) is 0 Å². The third-order valence-corrected chi connectivity index (χ3v) is 10.4. The van der Waals surface area contributed by atoms with Crippen LogP contribution in [0, 0.1) is 6.92 Å². The van der Waals surface area contributed by atoms with Crippen molar-refractivity contribution in [2.24, 2.45) is 0 Å². The summed E-state index contributed by atoms with van der Waals surface area (Å²) in [5.74, 6) is 0. The van der Waals surface area contributed by atoms with Gasteiger partial charge < -0.3 is 4.90 Å². The van der Waals surface area contributed by atoms with Gasteiger partial charge in [0.1, 0.15) is 0 Å². The van der Waals surface area contributed by atoms with E-state index >= 15 is 0 Å². The summed E-state index contributed by atoms with van der Waals surface area (Å²) >= 11 is 0. The van der Waals surface area contributed by atoms with Crippen LogP contribution in [-0.2, 0) is 5.41 Å². The highest BCUT2D eigenvalue weighted by atomic mass is 15.1. The van der Waals surface area contributed by atoms with E-state index in [0.29, 0.717) is 0 Å². The maximum atomic E-state index is 2.40. The first-order valence-electron chi connectivity index (χ1n) is 17.6. The second-order valence-electron chi connectivity index (χ2n) is 14.8. The molecule has 0 unspecified atom stereocenters. The fourth-order valence-corrected chi connectivity index (χ4v) is 7.56. The lowest BCUT2D eigenvalue weighted by molar-refractivity contribution is 0.590. The third kappa shape index (κ3) is 5.18. The zero-order valence-electron chi connectivity index (χ0n) is 29.0. The molecular formula is C49H39N. The van der Waals surface area contributed by atoms with Gasteiger partial charge in [0.05, 0.1) is 0 Å². The molecule has 0 heterocycles. The number of hydrogen-bond acceptors (Lipinski definition) is 1. The van der Waals surface area contributed by atoms with Gasteiger partial charge in [-0.05, 0) is 150 Å². The van der Waals surface area contributed by atoms with Gasteiger partial charge in [-0.25, -0.2) is 0 Å². The summed E-state index contributed by atoms with van der Waals surface area (Å²) in [5, 5.41) is 5.07. The second kappa shape index (κ2) is 11.6. The molecule has 0 radical (unpaired) electrons. The van der Waals surface area contributed by atoms with Gasteiger partial charge >= 0.3 is 0 Å². The van der Waals surface area contributed by atoms with Crippen LogP contribution in [0.4, 0.5) is 17.1 Å². The van der Waals surface area contributed by atoms with Gasteiger partial charge in [-0.3, -0.25) is 0 Å². The molecule has 9 rings (SSSR count). The lowest BCUT2D eigenvalue weighted by Gasteiger charge is -2.29. The first-order valence-corrected chi connectivity index (χ1v) is 17.6. The van der Waals surface area contributed by atoms with Crippen molar-refractivity contribution < 1.29 is 0 Å². The van der Waals surface area contributed by atoms with Crippen LogP contribution in [0.1, 0.15) is 31.9 Å². The van der Waals surface area contributed by atoms with Gasteiger partial charge in [0.15, 0.2) is 0 Å². The summed E-state index contributed by atoms with van der Waals surface area (Å²) in [6.07, 6.45) is 0. The molecule has 8 aromatic rings. The molecule has 0 aromatic heterocycles. The molecule has 0 saturated heterocycles. The van der Waals surface area contributed by atoms with Gasteiger partial charge in [0, 0.05) is 17.1 Å². The van der Waals surface area contributed by atoms with Gasteiger partial charge in [0.2, 0.25) is 0 Å². The van der Waals surface area contributed by atoms with E-state index in [9.17, 15) is 0 Å². The van der Waals surface area contributed by atoms with Gasteiger partial charge in [-0.1, -0.05) is 124 Å². The lowest BCUT2D eigenvalue weighted by atomic mass is 9.77. The number of fused-ring (bicyclic) bond motifs is 6. The van der Waals surface area contributed by atoms with Gasteiger partial charge in [-0.2, -0.15) is 0 Å². The summed E-state index contributed by atoms with van der Waals surface area (Å²) in [6.45, 7) is 9.00. The normalized spacial score (nSPS) is 12.0. The van der Waals surface area contributed by atoms with Crippen LogP contribution in [0.15, 0.2) is 164 Å². The predicted molar refractivity (Wildman–Crippen MR) is 215 cm³/mol. The number of anilines is 3. The van der Waals surface area contributed by atoms with E-state index in [0.717, 1.165) is 11.4 Å². The molecule has 0 amide bonds. The van der Waals surface area contributed by atoms with Crippen molar-refractivity contribution in [2.45, 2.75) is 33.1 Å². The fraction of sp³-hybridized carbons (Fsp3) is 0.102. The average Bonchev–Trinajstić information content (AvgIpc) is 3.14. The van der Waals surface area contributed by atoms with E-state index in [1.54, 1.807) is 0 Å². The van der Waals surface area contributed by atoms with Crippen molar-refractivity contribution in [3.63, 3.8) is 0 Å². The van der Waals surface area contributed by atoms with Crippen LogP contribution in [0.3, 0.4) is 0 Å². The van der Waals surface area contributed by atoms with Crippen LogP contribution < -0.4 is 4.90 Å². The molecule has 8 aromatic carbocycles. The maximum absolute atomic E-state index is 2.40. The highest BCUT2D eigenvalue weighted by Crippen LogP contribution is 2.51. The molecular weight excluding hydrogens is 603 g/mol. The SMILES string of the molecule is Cc1ccc(-c2ccccc2)cc1N(c1ccccc1)c1ccc2cc3c(cc2c1)-c1cc2ccc(-c4ccc(C(C)(C)C)cc4)cc2cc1-3. The molecule has 1 aliphatic carbocycles. The molecule has 0 aliphatic heterocycles. The van der Waals surface area contributed by atoms with E-state index < -0.39 is 0 Å². The van der Waals surface area contributed by atoms with E-state index in [1.165, 1.54) is 82.9 Å². The number of aryl methyl sites for hydroxylation is 1. The van der Waals surface area contributed by atoms with Crippen LogP contribution in [0.2, 0.25) is 0 Å². The van der Waals surface area contributed by atoms with Crippen molar-refractivity contribution in [2.75, 3.05) is 4.90 Å². The van der Waals surface area contributed by atoms with Crippen molar-refractivity contribution in [1.29, 1.82) is 0 Å². The Morgan fingerprint density at radius 2 is 0.880 bits per heavy atom. The lowest BCUT2D eigenvalue weighted by Crippen LogP contribution is -2.11. The Balaban J connectivity index is 1.10. The zero-order chi connectivity index (χ0) is 34.0. The van der Waals surface area contributed by atoms with Crippen LogP contribution in [-0.4, -0.2) is 0 Å². The second-order valence-corrected chi connectivity index (χ2v) is 14.8. The summed E-state index contributed by atoms with van der Waals surface area (Å²) in [7, 11) is 0. The Bertz CT molecular complexity index is 2550. The fourth-order valence-electron chi connectivity index (χ4n) is 7.56. The third-order valence-electron chi connectivity index (χ3n) is 10.4. The number of benzene rings is 8. The van der Waals surface area contributed by atoms with E-state index in [-0.39, 0.29) is 5.41 Å². The first-order chi connectivity index (χ1) is 24.3. The molecule has 0 fully saturated rings. The van der Waals surface area contributed by atoms with E-state index in [4.69, 9.17) is 0 Å². The summed E-state index contributed by atoms with van der Waals surface area (Å²) in [4.78, 5) is 2.40. The molecule has 1 aliphatic rings. The molecule has 0 saturated carbocycles. The number of para-hydroxylation sites is 1. The standard InChI is InChI=1S/C49H39N/c1-32-15-16-38(33-11-7-5-8-12-33)31-48(32)50(42-13-9-6-10-14-42)43-24-21-37-28-45-46-29-39-25-35(34-19-22-41(23-20-34)49(2,3)4)17-18-36(39)27-44(46)47(45)30-40(37)26-43/h5-31H,1-4H3. The number of nitrogens with zero attached hydrogens (tertiary/aromatic N) is 1. The molecule has 0 atom stereocenters. The summed E-state index contributed by atoms with van der Waals surface area (Å²) in [5.41, 5.74) is 16.5. The Labute approximate surface area is 295 Å². The highest BCUT2D eigenvalue weighted by molar-refractivity contribution is 6.12. The smallest absolute Gasteiger partial charge is 0.0496 e. The van der Waals surface area contributed by atoms with Crippen LogP contribution in [0.5, 0.6) is 0 Å². The van der Waals surface area contributed by atoms with Crippen LogP contribution >= 0.6 is 0 Å². The van der Waals surface area contributed by atoms with Gasteiger partial charge in [-0.15, -0.1) is 0 Å². The maximum Gasteiger partial charge on any atom is 0.0496 e. The topological polar surface area (TPSA) is 3.24 Å². The minimum Gasteiger partial charge on any atom is -0.310 e. The molecule has 1 nitrogen and oxygen atoms in total. The van der Waals surface area contributed by atoms with Crippen molar-refractivity contribution in [3.8, 4) is 44.5 Å². The molecule has 240 valence electrons. The van der Waals surface area contributed by atoms with E-state index in [2.05, 4.69) is 196 Å². The predicted octanol–water partition coefficient (Wildman–Crippen LogP) is 14.1. The monoisotopic (exact) mass is 641 g/mol. The van der Waals surface area contributed by atoms with Gasteiger partial charge in [0.25, 0.3) is 0 Å². The number of hydrogen-bond donors (Lipinski definition) is 0. The quantitative estimate of drug-likeness (QED) is 0.181. The van der Waals surface area contributed by atoms with Crippen LogP contribution in [0.25, 0.3) is 66.1 Å². The molecule has 50 heavy (non-hydrogen) atoms. The minimum atomic E-state index is 0.151. The molecule has 0 N–H and O–H groups in total. The summed E-state index contributed by atoms with van der Waals surface area (Å²) in [6, 6.07) is 60.6. The average molecular weight is 642 g/mol. The highest BCUT2D eigenvalue weighted by Gasteiger charge is 2.25. The van der Waals surface area contributed by atoms with Crippen molar-refractivity contribution in [1.82, 2.24) is 0 Å². The Kier molecular flexibility index (Phi) is 7.00. The Morgan fingerprint density at radius 1 is 0.380 bits per heavy atom.